The van der Waals surface area contributed by atoms with Crippen LogP contribution in [0, 0.1) is 5.82 Å². The number of anilines is 1. The largest absolute Gasteiger partial charge is 0.398 e. The highest BCUT2D eigenvalue weighted by Crippen LogP contribution is 2.41. The molecule has 2 heterocycles. The van der Waals surface area contributed by atoms with Crippen LogP contribution in [-0.4, -0.2) is 14.5 Å². The molecule has 1 aliphatic carbocycles. The summed E-state index contributed by atoms with van der Waals surface area (Å²) >= 11 is 0. The van der Waals surface area contributed by atoms with E-state index in [2.05, 4.69) is 14.5 Å². The van der Waals surface area contributed by atoms with Gasteiger partial charge >= 0.3 is 0 Å². The van der Waals surface area contributed by atoms with Crippen molar-refractivity contribution in [1.82, 2.24) is 14.5 Å². The molecule has 5 heteroatoms. The average Bonchev–Trinajstić information content (AvgIpc) is 3.21. The SMILES string of the molecule is Nc1ccc(F)cc1-c1nc2cccnc2n1C1CC1. The zero-order chi connectivity index (χ0) is 13.7. The number of imidazole rings is 1. The second-order valence-corrected chi connectivity index (χ2v) is 5.11. The number of pyridine rings is 1. The van der Waals surface area contributed by atoms with Crippen LogP contribution in [0.1, 0.15) is 18.9 Å². The number of benzene rings is 1. The van der Waals surface area contributed by atoms with E-state index < -0.39 is 0 Å². The monoisotopic (exact) mass is 268 g/mol. The molecule has 0 atom stereocenters. The fraction of sp³-hybridized carbons (Fsp3) is 0.200. The molecule has 1 saturated carbocycles. The van der Waals surface area contributed by atoms with Crippen molar-refractivity contribution in [3.63, 3.8) is 0 Å². The van der Waals surface area contributed by atoms with E-state index in [0.29, 0.717) is 23.1 Å². The fourth-order valence-corrected chi connectivity index (χ4v) is 2.52. The molecule has 0 unspecified atom stereocenters. The number of halogens is 1. The lowest BCUT2D eigenvalue weighted by Crippen LogP contribution is -2.01. The molecule has 100 valence electrons. The van der Waals surface area contributed by atoms with E-state index in [1.165, 1.54) is 12.1 Å². The molecule has 2 aromatic heterocycles. The minimum Gasteiger partial charge on any atom is -0.398 e. The van der Waals surface area contributed by atoms with Gasteiger partial charge in [0.05, 0.1) is 0 Å². The second-order valence-electron chi connectivity index (χ2n) is 5.11. The van der Waals surface area contributed by atoms with Crippen LogP contribution in [0.5, 0.6) is 0 Å². The first kappa shape index (κ1) is 11.4. The van der Waals surface area contributed by atoms with Crippen LogP contribution in [0.25, 0.3) is 22.6 Å². The fourth-order valence-electron chi connectivity index (χ4n) is 2.52. The molecule has 0 spiro atoms. The number of rotatable bonds is 2. The number of aromatic nitrogens is 3. The van der Waals surface area contributed by atoms with Gasteiger partial charge in [-0.1, -0.05) is 0 Å². The number of nitrogens with zero attached hydrogens (tertiary/aromatic N) is 3. The molecule has 1 aliphatic rings. The second kappa shape index (κ2) is 4.03. The molecule has 0 bridgehead atoms. The van der Waals surface area contributed by atoms with Crippen LogP contribution >= 0.6 is 0 Å². The Labute approximate surface area is 115 Å². The number of fused-ring (bicyclic) bond motifs is 1. The highest BCUT2D eigenvalue weighted by molar-refractivity contribution is 5.81. The molecular formula is C15H13FN4. The molecule has 0 aliphatic heterocycles. The molecule has 0 saturated heterocycles. The van der Waals surface area contributed by atoms with Crippen molar-refractivity contribution in [1.29, 1.82) is 0 Å². The van der Waals surface area contributed by atoms with Crippen LogP contribution in [0.15, 0.2) is 36.5 Å². The van der Waals surface area contributed by atoms with Crippen LogP contribution in [0.3, 0.4) is 0 Å². The lowest BCUT2D eigenvalue weighted by Gasteiger charge is -2.09. The summed E-state index contributed by atoms with van der Waals surface area (Å²) in [6.45, 7) is 0. The lowest BCUT2D eigenvalue weighted by atomic mass is 10.1. The summed E-state index contributed by atoms with van der Waals surface area (Å²) in [5.41, 5.74) is 8.82. The van der Waals surface area contributed by atoms with Crippen molar-refractivity contribution >= 4 is 16.9 Å². The summed E-state index contributed by atoms with van der Waals surface area (Å²) in [5.74, 6) is 0.398. The third kappa shape index (κ3) is 1.66. The van der Waals surface area contributed by atoms with E-state index in [0.717, 1.165) is 24.0 Å². The van der Waals surface area contributed by atoms with Gasteiger partial charge in [0.2, 0.25) is 0 Å². The Hall–Kier alpha value is -2.43. The first-order valence-electron chi connectivity index (χ1n) is 6.62. The van der Waals surface area contributed by atoms with Gasteiger partial charge in [-0.3, -0.25) is 0 Å². The van der Waals surface area contributed by atoms with Crippen LogP contribution in [-0.2, 0) is 0 Å². The summed E-state index contributed by atoms with van der Waals surface area (Å²) in [6.07, 6.45) is 3.95. The predicted octanol–water partition coefficient (Wildman–Crippen LogP) is 3.15. The topological polar surface area (TPSA) is 56.7 Å². The summed E-state index contributed by atoms with van der Waals surface area (Å²) in [7, 11) is 0. The van der Waals surface area contributed by atoms with Gasteiger partial charge < -0.3 is 10.3 Å². The van der Waals surface area contributed by atoms with Gasteiger partial charge in [-0.05, 0) is 43.2 Å². The van der Waals surface area contributed by atoms with Crippen molar-refractivity contribution in [2.45, 2.75) is 18.9 Å². The zero-order valence-electron chi connectivity index (χ0n) is 10.8. The molecule has 20 heavy (non-hydrogen) atoms. The van der Waals surface area contributed by atoms with Gasteiger partial charge in [-0.25, -0.2) is 14.4 Å². The Bertz CT molecular complexity index is 805. The smallest absolute Gasteiger partial charge is 0.160 e. The molecule has 0 radical (unpaired) electrons. The van der Waals surface area contributed by atoms with E-state index in [-0.39, 0.29) is 5.82 Å². The molecule has 4 nitrogen and oxygen atoms in total. The first-order chi connectivity index (χ1) is 9.74. The van der Waals surface area contributed by atoms with Crippen molar-refractivity contribution in [2.75, 3.05) is 5.73 Å². The van der Waals surface area contributed by atoms with Gasteiger partial charge in [0, 0.05) is 23.5 Å². The van der Waals surface area contributed by atoms with Crippen molar-refractivity contribution < 1.29 is 4.39 Å². The van der Waals surface area contributed by atoms with Crippen LogP contribution in [0.2, 0.25) is 0 Å². The van der Waals surface area contributed by atoms with E-state index >= 15 is 0 Å². The van der Waals surface area contributed by atoms with Crippen LogP contribution in [0.4, 0.5) is 10.1 Å². The summed E-state index contributed by atoms with van der Waals surface area (Å²) < 4.78 is 15.6. The summed E-state index contributed by atoms with van der Waals surface area (Å²) in [5, 5.41) is 0. The van der Waals surface area contributed by atoms with Gasteiger partial charge in [0.1, 0.15) is 17.2 Å². The predicted molar refractivity (Wildman–Crippen MR) is 75.6 cm³/mol. The third-order valence-corrected chi connectivity index (χ3v) is 3.62. The lowest BCUT2D eigenvalue weighted by molar-refractivity contribution is 0.628. The van der Waals surface area contributed by atoms with Crippen LogP contribution < -0.4 is 5.73 Å². The quantitative estimate of drug-likeness (QED) is 0.726. The Morgan fingerprint density at radius 3 is 2.90 bits per heavy atom. The molecule has 3 aromatic rings. The Morgan fingerprint density at radius 2 is 2.10 bits per heavy atom. The maximum atomic E-state index is 13.5. The van der Waals surface area contributed by atoms with E-state index in [9.17, 15) is 4.39 Å². The normalized spacial score (nSPS) is 14.8. The highest BCUT2D eigenvalue weighted by Gasteiger charge is 2.29. The maximum absolute atomic E-state index is 13.5. The minimum absolute atomic E-state index is 0.309. The molecule has 4 rings (SSSR count). The highest BCUT2D eigenvalue weighted by atomic mass is 19.1. The Balaban J connectivity index is 2.03. The Kier molecular flexibility index (Phi) is 2.30. The van der Waals surface area contributed by atoms with E-state index in [1.807, 2.05) is 12.1 Å². The first-order valence-corrected chi connectivity index (χ1v) is 6.62. The number of hydrogen-bond donors (Lipinski definition) is 1. The van der Waals surface area contributed by atoms with Crippen molar-refractivity contribution in [2.24, 2.45) is 0 Å². The van der Waals surface area contributed by atoms with E-state index in [1.54, 1.807) is 12.3 Å². The molecule has 1 aromatic carbocycles. The molecule has 0 amide bonds. The number of hydrogen-bond acceptors (Lipinski definition) is 3. The molecular weight excluding hydrogens is 255 g/mol. The molecule has 2 N–H and O–H groups in total. The van der Waals surface area contributed by atoms with Gasteiger partial charge in [0.15, 0.2) is 5.65 Å². The van der Waals surface area contributed by atoms with Crippen molar-refractivity contribution in [3.05, 3.63) is 42.3 Å². The third-order valence-electron chi connectivity index (χ3n) is 3.62. The van der Waals surface area contributed by atoms with Gasteiger partial charge in [-0.15, -0.1) is 0 Å². The zero-order valence-corrected chi connectivity index (χ0v) is 10.8. The standard InChI is InChI=1S/C15H13FN4/c16-9-3-6-12(17)11(8-9)14-19-13-2-1-7-18-15(13)20(14)10-4-5-10/h1-3,6-8,10H,4-5,17H2. The van der Waals surface area contributed by atoms with Gasteiger partial charge in [0.25, 0.3) is 0 Å². The van der Waals surface area contributed by atoms with Crippen molar-refractivity contribution in [3.8, 4) is 11.4 Å². The Morgan fingerprint density at radius 1 is 1.25 bits per heavy atom. The number of nitrogen functional groups attached to an aromatic ring is 1. The minimum atomic E-state index is -0.309. The molecule has 1 fully saturated rings. The summed E-state index contributed by atoms with van der Waals surface area (Å²) in [4.78, 5) is 9.01. The van der Waals surface area contributed by atoms with Gasteiger partial charge in [-0.2, -0.15) is 0 Å². The number of nitrogens with two attached hydrogens (primary N) is 1. The maximum Gasteiger partial charge on any atom is 0.160 e. The average molecular weight is 268 g/mol. The summed E-state index contributed by atoms with van der Waals surface area (Å²) in [6, 6.07) is 8.55. The van der Waals surface area contributed by atoms with E-state index in [4.69, 9.17) is 5.73 Å².